The van der Waals surface area contributed by atoms with Gasteiger partial charge in [-0.25, -0.2) is 4.21 Å². The van der Waals surface area contributed by atoms with E-state index < -0.39 is 17.1 Å². The summed E-state index contributed by atoms with van der Waals surface area (Å²) in [6.07, 6.45) is 0.593. The molecule has 0 saturated carbocycles. The summed E-state index contributed by atoms with van der Waals surface area (Å²) in [6.45, 7) is 4.38. The van der Waals surface area contributed by atoms with Gasteiger partial charge in [0.25, 0.3) is 0 Å². The number of hydrogen-bond donors (Lipinski definition) is 3. The molecule has 0 heterocycles. The van der Waals surface area contributed by atoms with Crippen LogP contribution in [0.4, 0.5) is 0 Å². The van der Waals surface area contributed by atoms with Crippen molar-refractivity contribution in [2.24, 2.45) is 5.92 Å². The van der Waals surface area contributed by atoms with Crippen molar-refractivity contribution in [2.45, 2.75) is 26.3 Å². The van der Waals surface area contributed by atoms with Gasteiger partial charge in [0, 0.05) is 17.1 Å². The Morgan fingerprint density at radius 3 is 2.55 bits per heavy atom. The number of ether oxygens (including phenoxy) is 2. The third kappa shape index (κ3) is 9.44. The summed E-state index contributed by atoms with van der Waals surface area (Å²) in [4.78, 5) is 12.4. The van der Waals surface area contributed by atoms with Gasteiger partial charge in [-0.1, -0.05) is 43.4 Å². The number of nitrogens with one attached hydrogen (secondary N) is 2. The summed E-state index contributed by atoms with van der Waals surface area (Å²) in [6, 6.07) is 12.3. The summed E-state index contributed by atoms with van der Waals surface area (Å²) < 4.78 is 31.0. The first-order valence-electron chi connectivity index (χ1n) is 10.4. The quantitative estimate of drug-likeness (QED) is 0.329. The molecule has 7 nitrogen and oxygen atoms in total. The van der Waals surface area contributed by atoms with Crippen LogP contribution in [0.2, 0.25) is 5.02 Å². The zero-order valence-corrected chi connectivity index (χ0v) is 20.5. The van der Waals surface area contributed by atoms with Gasteiger partial charge in [-0.05, 0) is 54.3 Å². The van der Waals surface area contributed by atoms with E-state index in [-0.39, 0.29) is 24.3 Å². The van der Waals surface area contributed by atoms with Crippen LogP contribution in [-0.4, -0.2) is 46.8 Å². The Labute approximate surface area is 202 Å². The molecule has 0 aliphatic carbocycles. The Hall–Kier alpha value is -2.57. The second-order valence-corrected chi connectivity index (χ2v) is 8.88. The third-order valence-electron chi connectivity index (χ3n) is 4.69. The first-order valence-corrected chi connectivity index (χ1v) is 12.1. The minimum Gasteiger partial charge on any atom is -0.493 e. The van der Waals surface area contributed by atoms with E-state index >= 15 is 0 Å². The lowest BCUT2D eigenvalue weighted by Crippen LogP contribution is -2.48. The standard InChI is InChI=1S/C24H29ClN2O5S/c1-17(2)23(27-16-33(29)30)24(28)26-13-12-19-8-11-21(22(15-19)31-3)32-14-4-5-18-6-9-20(25)10-7-18/h6-11,15,17,23,27H,12-14,16H2,1-3H3,(H,26,28)(H,29,30). The number of carbonyl (C=O) groups excluding carboxylic acids is 1. The van der Waals surface area contributed by atoms with Crippen LogP contribution in [0.15, 0.2) is 42.5 Å². The first kappa shape index (κ1) is 26.7. The van der Waals surface area contributed by atoms with Gasteiger partial charge in [0.1, 0.15) is 6.61 Å². The third-order valence-corrected chi connectivity index (χ3v) is 5.36. The summed E-state index contributed by atoms with van der Waals surface area (Å²) in [5.41, 5.74) is 1.82. The maximum Gasteiger partial charge on any atom is 0.237 e. The predicted octanol–water partition coefficient (Wildman–Crippen LogP) is 3.23. The van der Waals surface area contributed by atoms with Crippen molar-refractivity contribution in [3.8, 4) is 23.3 Å². The first-order chi connectivity index (χ1) is 15.8. The van der Waals surface area contributed by atoms with Gasteiger partial charge in [0.05, 0.1) is 19.0 Å². The number of benzene rings is 2. The Kier molecular flexibility index (Phi) is 11.2. The summed E-state index contributed by atoms with van der Waals surface area (Å²) in [5.74, 6) is 6.75. The molecule has 2 aromatic carbocycles. The molecule has 2 atom stereocenters. The van der Waals surface area contributed by atoms with Crippen LogP contribution in [0.5, 0.6) is 11.5 Å². The van der Waals surface area contributed by atoms with Gasteiger partial charge in [-0.2, -0.15) is 0 Å². The smallest absolute Gasteiger partial charge is 0.237 e. The number of hydrogen-bond acceptors (Lipinski definition) is 5. The van der Waals surface area contributed by atoms with Crippen molar-refractivity contribution >= 4 is 28.6 Å². The lowest BCUT2D eigenvalue weighted by atomic mass is 10.0. The SMILES string of the molecule is COc1cc(CCNC(=O)C(NCS(=O)O)C(C)C)ccc1OCC#Cc1ccc(Cl)cc1. The van der Waals surface area contributed by atoms with E-state index in [2.05, 4.69) is 22.5 Å². The van der Waals surface area contributed by atoms with Gasteiger partial charge in [-0.15, -0.1) is 0 Å². The highest BCUT2D eigenvalue weighted by molar-refractivity contribution is 7.79. The molecule has 0 spiro atoms. The zero-order valence-electron chi connectivity index (χ0n) is 18.9. The normalized spacial score (nSPS) is 12.4. The largest absolute Gasteiger partial charge is 0.493 e. The Morgan fingerprint density at radius 1 is 1.18 bits per heavy atom. The molecular formula is C24H29ClN2O5S. The van der Waals surface area contributed by atoms with Crippen molar-refractivity contribution in [1.29, 1.82) is 0 Å². The number of amides is 1. The molecular weight excluding hydrogens is 464 g/mol. The summed E-state index contributed by atoms with van der Waals surface area (Å²) in [7, 11) is 1.57. The molecule has 0 saturated heterocycles. The van der Waals surface area contributed by atoms with Gasteiger partial charge >= 0.3 is 0 Å². The monoisotopic (exact) mass is 492 g/mol. The van der Waals surface area contributed by atoms with Crippen molar-refractivity contribution in [2.75, 3.05) is 26.1 Å². The van der Waals surface area contributed by atoms with Crippen LogP contribution >= 0.6 is 11.6 Å². The molecule has 3 N–H and O–H groups in total. The molecule has 33 heavy (non-hydrogen) atoms. The highest BCUT2D eigenvalue weighted by atomic mass is 35.5. The lowest BCUT2D eigenvalue weighted by Gasteiger charge is -2.21. The molecule has 0 fully saturated rings. The van der Waals surface area contributed by atoms with Crippen LogP contribution in [0.1, 0.15) is 25.0 Å². The van der Waals surface area contributed by atoms with E-state index in [1.807, 2.05) is 44.2 Å². The van der Waals surface area contributed by atoms with E-state index in [4.69, 9.17) is 25.6 Å². The fourth-order valence-electron chi connectivity index (χ4n) is 3.00. The maximum absolute atomic E-state index is 12.4. The molecule has 0 bridgehead atoms. The van der Waals surface area contributed by atoms with E-state index in [1.54, 1.807) is 19.2 Å². The van der Waals surface area contributed by atoms with E-state index in [9.17, 15) is 9.00 Å². The van der Waals surface area contributed by atoms with Crippen LogP contribution in [0, 0.1) is 17.8 Å². The van der Waals surface area contributed by atoms with Crippen LogP contribution in [-0.2, 0) is 22.3 Å². The second kappa shape index (κ2) is 13.9. The van der Waals surface area contributed by atoms with Crippen molar-refractivity contribution < 1.29 is 23.0 Å². The fourth-order valence-corrected chi connectivity index (χ4v) is 3.45. The lowest BCUT2D eigenvalue weighted by molar-refractivity contribution is -0.124. The minimum atomic E-state index is -2.00. The highest BCUT2D eigenvalue weighted by Gasteiger charge is 2.21. The van der Waals surface area contributed by atoms with Crippen molar-refractivity contribution in [3.63, 3.8) is 0 Å². The maximum atomic E-state index is 12.4. The topological polar surface area (TPSA) is 96.9 Å². The molecule has 2 unspecified atom stereocenters. The molecule has 0 radical (unpaired) electrons. The highest BCUT2D eigenvalue weighted by Crippen LogP contribution is 2.28. The fraction of sp³-hybridized carbons (Fsp3) is 0.375. The molecule has 2 aromatic rings. The molecule has 0 aliphatic rings. The Bertz CT molecular complexity index is 1000. The number of carbonyl (C=O) groups is 1. The van der Waals surface area contributed by atoms with Crippen molar-refractivity contribution in [3.05, 3.63) is 58.6 Å². The number of halogens is 1. The van der Waals surface area contributed by atoms with Gasteiger partial charge in [0.15, 0.2) is 22.6 Å². The molecule has 0 aliphatic heterocycles. The van der Waals surface area contributed by atoms with Gasteiger partial charge in [0.2, 0.25) is 5.91 Å². The molecule has 2 rings (SSSR count). The Balaban J connectivity index is 1.87. The average Bonchev–Trinajstić information content (AvgIpc) is 2.78. The van der Waals surface area contributed by atoms with Gasteiger partial charge in [-0.3, -0.25) is 10.1 Å². The van der Waals surface area contributed by atoms with E-state index in [0.29, 0.717) is 29.5 Å². The minimum absolute atomic E-state index is 0.0205. The molecule has 1 amide bonds. The molecule has 178 valence electrons. The van der Waals surface area contributed by atoms with E-state index in [1.165, 1.54) is 0 Å². The van der Waals surface area contributed by atoms with Crippen LogP contribution in [0.25, 0.3) is 0 Å². The second-order valence-electron chi connectivity index (χ2n) is 7.52. The summed E-state index contributed by atoms with van der Waals surface area (Å²) >= 11 is 3.86. The molecule has 9 heteroatoms. The van der Waals surface area contributed by atoms with Crippen LogP contribution in [0.3, 0.4) is 0 Å². The van der Waals surface area contributed by atoms with E-state index in [0.717, 1.165) is 11.1 Å². The molecule has 0 aromatic heterocycles. The van der Waals surface area contributed by atoms with Crippen LogP contribution < -0.4 is 20.1 Å². The number of rotatable bonds is 11. The Morgan fingerprint density at radius 2 is 1.91 bits per heavy atom. The average molecular weight is 493 g/mol. The number of methoxy groups -OCH3 is 1. The van der Waals surface area contributed by atoms with Crippen molar-refractivity contribution in [1.82, 2.24) is 10.6 Å². The summed E-state index contributed by atoms with van der Waals surface area (Å²) in [5, 5.41) is 6.35. The predicted molar refractivity (Wildman–Crippen MR) is 131 cm³/mol. The zero-order chi connectivity index (χ0) is 24.2. The van der Waals surface area contributed by atoms with Gasteiger partial charge < -0.3 is 19.3 Å².